The van der Waals surface area contributed by atoms with E-state index in [9.17, 15) is 4.21 Å². The molecule has 0 radical (unpaired) electrons. The molecule has 0 aromatic heterocycles. The lowest BCUT2D eigenvalue weighted by Gasteiger charge is -2.19. The number of hydrogen-bond acceptors (Lipinski definition) is 3. The van der Waals surface area contributed by atoms with Crippen molar-refractivity contribution >= 4 is 10.8 Å². The number of aryl methyl sites for hydroxylation is 2. The van der Waals surface area contributed by atoms with Gasteiger partial charge in [-0.05, 0) is 38.4 Å². The molecule has 3 nitrogen and oxygen atoms in total. The van der Waals surface area contributed by atoms with E-state index in [1.165, 1.54) is 16.7 Å². The van der Waals surface area contributed by atoms with E-state index in [0.717, 1.165) is 6.42 Å². The summed E-state index contributed by atoms with van der Waals surface area (Å²) in [6, 6.07) is 6.58. The van der Waals surface area contributed by atoms with Gasteiger partial charge < -0.3 is 10.1 Å². The molecule has 0 amide bonds. The molecule has 0 bridgehead atoms. The van der Waals surface area contributed by atoms with Crippen LogP contribution in [0.25, 0.3) is 0 Å². The van der Waals surface area contributed by atoms with Gasteiger partial charge in [-0.2, -0.15) is 0 Å². The van der Waals surface area contributed by atoms with Gasteiger partial charge in [0, 0.05) is 42.1 Å². The minimum Gasteiger partial charge on any atom is -0.385 e. The van der Waals surface area contributed by atoms with Crippen LogP contribution >= 0.6 is 0 Å². The number of methoxy groups -OCH3 is 1. The summed E-state index contributed by atoms with van der Waals surface area (Å²) in [7, 11) is 2.80. The van der Waals surface area contributed by atoms with Crippen molar-refractivity contribution < 1.29 is 8.95 Å². The molecule has 2 atom stereocenters. The number of rotatable bonds is 8. The molecule has 0 spiro atoms. The second-order valence-corrected chi connectivity index (χ2v) is 6.48. The lowest BCUT2D eigenvalue weighted by Crippen LogP contribution is -2.24. The first-order chi connectivity index (χ1) is 9.08. The van der Waals surface area contributed by atoms with Gasteiger partial charge in [-0.15, -0.1) is 0 Å². The average Bonchev–Trinajstić information content (AvgIpc) is 2.39. The normalized spacial score (nSPS) is 14.3. The molecule has 0 aliphatic rings. The molecule has 1 N–H and O–H groups in total. The Morgan fingerprint density at radius 2 is 2.11 bits per heavy atom. The highest BCUT2D eigenvalue weighted by molar-refractivity contribution is 7.85. The molecule has 0 heterocycles. The molecule has 0 saturated carbocycles. The molecule has 2 unspecified atom stereocenters. The Labute approximate surface area is 119 Å². The smallest absolute Gasteiger partial charge is 0.0471 e. The zero-order chi connectivity index (χ0) is 14.3. The second-order valence-electron chi connectivity index (χ2n) is 4.86. The van der Waals surface area contributed by atoms with Crippen molar-refractivity contribution in [1.29, 1.82) is 0 Å². The first-order valence-electron chi connectivity index (χ1n) is 6.66. The average molecular weight is 283 g/mol. The maximum Gasteiger partial charge on any atom is 0.0471 e. The summed E-state index contributed by atoms with van der Waals surface area (Å²) in [4.78, 5) is 0. The van der Waals surface area contributed by atoms with Gasteiger partial charge in [0.1, 0.15) is 0 Å². The number of ether oxygens (including phenoxy) is 1. The van der Waals surface area contributed by atoms with Crippen molar-refractivity contribution in [3.05, 3.63) is 34.9 Å². The van der Waals surface area contributed by atoms with Crippen LogP contribution in [0.4, 0.5) is 0 Å². The van der Waals surface area contributed by atoms with Crippen molar-refractivity contribution in [2.24, 2.45) is 0 Å². The molecule has 0 aliphatic heterocycles. The van der Waals surface area contributed by atoms with E-state index in [1.54, 1.807) is 7.11 Å². The molecule has 0 saturated heterocycles. The Bertz CT molecular complexity index is 421. The van der Waals surface area contributed by atoms with Crippen LogP contribution in [-0.4, -0.2) is 36.5 Å². The molecular formula is C15H25NO2S. The van der Waals surface area contributed by atoms with Gasteiger partial charge in [0.25, 0.3) is 0 Å². The number of benzene rings is 1. The van der Waals surface area contributed by atoms with Crippen LogP contribution in [0.5, 0.6) is 0 Å². The zero-order valence-electron chi connectivity index (χ0n) is 12.4. The summed E-state index contributed by atoms with van der Waals surface area (Å²) in [5.74, 6) is 1.36. The van der Waals surface area contributed by atoms with Crippen LogP contribution < -0.4 is 5.32 Å². The van der Waals surface area contributed by atoms with Gasteiger partial charge in [-0.25, -0.2) is 0 Å². The van der Waals surface area contributed by atoms with Crippen molar-refractivity contribution in [2.45, 2.75) is 26.3 Å². The fourth-order valence-corrected chi connectivity index (χ4v) is 3.42. The topological polar surface area (TPSA) is 38.3 Å². The Balaban J connectivity index is 2.67. The SMILES string of the molecule is CNC(CS(=O)CCCOC)c1cc(C)ccc1C. The minimum absolute atomic E-state index is 0.156. The fraction of sp³-hybridized carbons (Fsp3) is 0.600. The summed E-state index contributed by atoms with van der Waals surface area (Å²) in [5.41, 5.74) is 3.74. The van der Waals surface area contributed by atoms with Crippen LogP contribution in [0.3, 0.4) is 0 Å². The molecule has 1 aromatic rings. The third-order valence-electron chi connectivity index (χ3n) is 3.23. The number of hydrogen-bond donors (Lipinski definition) is 1. The maximum atomic E-state index is 12.1. The van der Waals surface area contributed by atoms with Crippen molar-refractivity contribution in [3.8, 4) is 0 Å². The van der Waals surface area contributed by atoms with Crippen LogP contribution in [-0.2, 0) is 15.5 Å². The molecule has 0 fully saturated rings. The van der Waals surface area contributed by atoms with Gasteiger partial charge in [-0.1, -0.05) is 23.8 Å². The summed E-state index contributed by atoms with van der Waals surface area (Å²) in [6.45, 7) is 4.87. The molecule has 108 valence electrons. The van der Waals surface area contributed by atoms with E-state index in [-0.39, 0.29) is 6.04 Å². The molecule has 1 rings (SSSR count). The second kappa shape index (κ2) is 8.46. The Morgan fingerprint density at radius 3 is 2.74 bits per heavy atom. The highest BCUT2D eigenvalue weighted by Crippen LogP contribution is 2.20. The molecular weight excluding hydrogens is 258 g/mol. The molecule has 4 heteroatoms. The van der Waals surface area contributed by atoms with E-state index in [1.807, 2.05) is 7.05 Å². The summed E-state index contributed by atoms with van der Waals surface area (Å²) in [5, 5.41) is 3.28. The molecule has 19 heavy (non-hydrogen) atoms. The highest BCUT2D eigenvalue weighted by atomic mass is 32.2. The minimum atomic E-state index is -0.809. The summed E-state index contributed by atoms with van der Waals surface area (Å²) in [6.07, 6.45) is 0.854. The van der Waals surface area contributed by atoms with E-state index in [4.69, 9.17) is 4.74 Å². The standard InChI is InChI=1S/C15H25NO2S/c1-12-6-7-13(2)14(10-12)15(16-3)11-19(17)9-5-8-18-4/h6-7,10,15-16H,5,8-9,11H2,1-4H3. The maximum absolute atomic E-state index is 12.1. The Kier molecular flexibility index (Phi) is 7.28. The highest BCUT2D eigenvalue weighted by Gasteiger charge is 2.15. The van der Waals surface area contributed by atoms with Gasteiger partial charge in [0.2, 0.25) is 0 Å². The van der Waals surface area contributed by atoms with E-state index in [0.29, 0.717) is 18.1 Å². The first-order valence-corrected chi connectivity index (χ1v) is 8.15. The zero-order valence-corrected chi connectivity index (χ0v) is 13.2. The Morgan fingerprint density at radius 1 is 1.37 bits per heavy atom. The molecule has 0 aliphatic carbocycles. The van der Waals surface area contributed by atoms with Gasteiger partial charge >= 0.3 is 0 Å². The van der Waals surface area contributed by atoms with Gasteiger partial charge in [0.15, 0.2) is 0 Å². The monoisotopic (exact) mass is 283 g/mol. The fourth-order valence-electron chi connectivity index (χ4n) is 2.10. The van der Waals surface area contributed by atoms with Crippen molar-refractivity contribution in [3.63, 3.8) is 0 Å². The van der Waals surface area contributed by atoms with E-state index < -0.39 is 10.8 Å². The van der Waals surface area contributed by atoms with Gasteiger partial charge in [-0.3, -0.25) is 4.21 Å². The van der Waals surface area contributed by atoms with Crippen LogP contribution in [0, 0.1) is 13.8 Å². The largest absolute Gasteiger partial charge is 0.385 e. The third kappa shape index (κ3) is 5.43. The van der Waals surface area contributed by atoms with Crippen LogP contribution in [0.1, 0.15) is 29.2 Å². The van der Waals surface area contributed by atoms with Crippen molar-refractivity contribution in [2.75, 3.05) is 32.3 Å². The van der Waals surface area contributed by atoms with Crippen LogP contribution in [0.2, 0.25) is 0 Å². The van der Waals surface area contributed by atoms with Gasteiger partial charge in [0.05, 0.1) is 0 Å². The van der Waals surface area contributed by atoms with E-state index >= 15 is 0 Å². The Hall–Kier alpha value is -0.710. The quantitative estimate of drug-likeness (QED) is 0.744. The lowest BCUT2D eigenvalue weighted by molar-refractivity contribution is 0.200. The van der Waals surface area contributed by atoms with Crippen molar-refractivity contribution in [1.82, 2.24) is 5.32 Å². The predicted molar refractivity (Wildman–Crippen MR) is 82.1 cm³/mol. The first kappa shape index (κ1) is 16.3. The summed E-state index contributed by atoms with van der Waals surface area (Å²) >= 11 is 0. The predicted octanol–water partition coefficient (Wildman–Crippen LogP) is 2.35. The lowest BCUT2D eigenvalue weighted by atomic mass is 10.0. The van der Waals surface area contributed by atoms with Crippen LogP contribution in [0.15, 0.2) is 18.2 Å². The number of nitrogens with one attached hydrogen (secondary N) is 1. The van der Waals surface area contributed by atoms with E-state index in [2.05, 4.69) is 37.4 Å². The summed E-state index contributed by atoms with van der Waals surface area (Å²) < 4.78 is 17.1. The third-order valence-corrected chi connectivity index (χ3v) is 4.68. The molecule has 1 aromatic carbocycles.